The van der Waals surface area contributed by atoms with Crippen molar-refractivity contribution in [3.63, 3.8) is 0 Å². The molecule has 140 valence electrons. The maximum absolute atomic E-state index is 12.3. The van der Waals surface area contributed by atoms with Crippen LogP contribution in [0.15, 0.2) is 30.5 Å². The Labute approximate surface area is 155 Å². The molecule has 0 saturated carbocycles. The molecule has 0 bridgehead atoms. The molecule has 2 heterocycles. The molecule has 6 nitrogen and oxygen atoms in total. The van der Waals surface area contributed by atoms with E-state index in [0.717, 1.165) is 42.8 Å². The molecule has 1 aliphatic heterocycles. The van der Waals surface area contributed by atoms with Gasteiger partial charge in [0.25, 0.3) is 0 Å². The average molecular weight is 356 g/mol. The summed E-state index contributed by atoms with van der Waals surface area (Å²) in [6.45, 7) is 9.46. The molecular formula is C20H28N4O2. The zero-order chi connectivity index (χ0) is 18.7. The highest BCUT2D eigenvalue weighted by molar-refractivity contribution is 5.92. The SMILES string of the molecule is COc1ccc2nccc(N3CCN(C(C)C(=O)NC(C)C)CC3)c2c1. The third-order valence-corrected chi connectivity index (χ3v) is 4.94. The van der Waals surface area contributed by atoms with Crippen molar-refractivity contribution in [2.45, 2.75) is 32.9 Å². The second-order valence-electron chi connectivity index (χ2n) is 7.08. The summed E-state index contributed by atoms with van der Waals surface area (Å²) in [6.07, 6.45) is 1.86. The Morgan fingerprint density at radius 3 is 2.54 bits per heavy atom. The Morgan fingerprint density at radius 2 is 1.88 bits per heavy atom. The van der Waals surface area contributed by atoms with Crippen molar-refractivity contribution in [1.82, 2.24) is 15.2 Å². The van der Waals surface area contributed by atoms with Crippen LogP contribution in [0.3, 0.4) is 0 Å². The number of methoxy groups -OCH3 is 1. The third kappa shape index (κ3) is 3.90. The van der Waals surface area contributed by atoms with E-state index in [1.165, 1.54) is 5.69 Å². The highest BCUT2D eigenvalue weighted by atomic mass is 16.5. The summed E-state index contributed by atoms with van der Waals surface area (Å²) in [6, 6.07) is 8.10. The van der Waals surface area contributed by atoms with Crippen LogP contribution < -0.4 is 15.0 Å². The van der Waals surface area contributed by atoms with Gasteiger partial charge in [0.05, 0.1) is 18.7 Å². The number of hydrogen-bond donors (Lipinski definition) is 1. The number of ether oxygens (including phenoxy) is 1. The number of nitrogens with zero attached hydrogens (tertiary/aromatic N) is 3. The van der Waals surface area contributed by atoms with Crippen LogP contribution in [0, 0.1) is 0 Å². The van der Waals surface area contributed by atoms with Crippen molar-refractivity contribution < 1.29 is 9.53 Å². The lowest BCUT2D eigenvalue weighted by atomic mass is 10.1. The Kier molecular flexibility index (Phi) is 5.61. The van der Waals surface area contributed by atoms with Crippen LogP contribution in [0.1, 0.15) is 20.8 Å². The minimum absolute atomic E-state index is 0.103. The molecule has 0 aliphatic carbocycles. The molecule has 3 rings (SSSR count). The maximum Gasteiger partial charge on any atom is 0.237 e. The van der Waals surface area contributed by atoms with Gasteiger partial charge >= 0.3 is 0 Å². The van der Waals surface area contributed by atoms with Gasteiger partial charge in [0, 0.05) is 49.5 Å². The molecule has 26 heavy (non-hydrogen) atoms. The number of rotatable bonds is 5. The number of benzene rings is 1. The fourth-order valence-corrected chi connectivity index (χ4v) is 3.43. The minimum atomic E-state index is -0.103. The maximum atomic E-state index is 12.3. The Hall–Kier alpha value is -2.34. The number of carbonyl (C=O) groups is 1. The van der Waals surface area contributed by atoms with Gasteiger partial charge in [-0.2, -0.15) is 0 Å². The third-order valence-electron chi connectivity index (χ3n) is 4.94. The molecule has 1 N–H and O–H groups in total. The van der Waals surface area contributed by atoms with Crippen molar-refractivity contribution in [3.8, 4) is 5.75 Å². The number of piperazine rings is 1. The summed E-state index contributed by atoms with van der Waals surface area (Å²) in [7, 11) is 1.68. The quantitative estimate of drug-likeness (QED) is 0.891. The van der Waals surface area contributed by atoms with Gasteiger partial charge in [-0.15, -0.1) is 0 Å². The Balaban J connectivity index is 1.72. The number of carbonyl (C=O) groups excluding carboxylic acids is 1. The molecule has 1 aliphatic rings. The first-order chi connectivity index (χ1) is 12.5. The molecule has 2 aromatic rings. The molecule has 0 spiro atoms. The minimum Gasteiger partial charge on any atom is -0.497 e. The van der Waals surface area contributed by atoms with Crippen molar-refractivity contribution in [1.29, 1.82) is 0 Å². The smallest absolute Gasteiger partial charge is 0.237 e. The van der Waals surface area contributed by atoms with Crippen LogP contribution in [0.2, 0.25) is 0 Å². The van der Waals surface area contributed by atoms with E-state index in [9.17, 15) is 4.79 Å². The van der Waals surface area contributed by atoms with Gasteiger partial charge in [0.15, 0.2) is 0 Å². The van der Waals surface area contributed by atoms with Gasteiger partial charge in [0.1, 0.15) is 5.75 Å². The number of pyridine rings is 1. The first-order valence-electron chi connectivity index (χ1n) is 9.21. The topological polar surface area (TPSA) is 57.7 Å². The van der Waals surface area contributed by atoms with Crippen molar-refractivity contribution in [2.24, 2.45) is 0 Å². The largest absolute Gasteiger partial charge is 0.497 e. The molecule has 1 unspecified atom stereocenters. The van der Waals surface area contributed by atoms with Crippen molar-refractivity contribution in [3.05, 3.63) is 30.5 Å². The van der Waals surface area contributed by atoms with E-state index in [0.29, 0.717) is 0 Å². The van der Waals surface area contributed by atoms with Gasteiger partial charge in [-0.1, -0.05) is 0 Å². The summed E-state index contributed by atoms with van der Waals surface area (Å²) in [5, 5.41) is 4.11. The second-order valence-corrected chi connectivity index (χ2v) is 7.08. The van der Waals surface area contributed by atoms with E-state index in [1.54, 1.807) is 7.11 Å². The van der Waals surface area contributed by atoms with Gasteiger partial charge in [0.2, 0.25) is 5.91 Å². The molecule has 1 atom stereocenters. The van der Waals surface area contributed by atoms with E-state index < -0.39 is 0 Å². The lowest BCUT2D eigenvalue weighted by Gasteiger charge is -2.39. The van der Waals surface area contributed by atoms with E-state index in [4.69, 9.17) is 4.74 Å². The summed E-state index contributed by atoms with van der Waals surface area (Å²) < 4.78 is 5.37. The lowest BCUT2D eigenvalue weighted by molar-refractivity contribution is -0.126. The van der Waals surface area contributed by atoms with Crippen molar-refractivity contribution in [2.75, 3.05) is 38.2 Å². The monoisotopic (exact) mass is 356 g/mol. The van der Waals surface area contributed by atoms with Crippen LogP contribution in [-0.2, 0) is 4.79 Å². The molecule has 6 heteroatoms. The van der Waals surface area contributed by atoms with Crippen LogP contribution in [0.5, 0.6) is 5.75 Å². The highest BCUT2D eigenvalue weighted by Gasteiger charge is 2.26. The fraction of sp³-hybridized carbons (Fsp3) is 0.500. The summed E-state index contributed by atoms with van der Waals surface area (Å²) >= 11 is 0. The molecule has 1 aromatic heterocycles. The summed E-state index contributed by atoms with van der Waals surface area (Å²) in [5.41, 5.74) is 2.14. The number of nitrogens with one attached hydrogen (secondary N) is 1. The molecule has 1 amide bonds. The standard InChI is InChI=1S/C20H28N4O2/c1-14(2)22-20(25)15(3)23-9-11-24(12-10-23)19-7-8-21-18-6-5-16(26-4)13-17(18)19/h5-8,13-15H,9-12H2,1-4H3,(H,22,25). The summed E-state index contributed by atoms with van der Waals surface area (Å²) in [4.78, 5) is 21.3. The molecule has 1 aromatic carbocycles. The first kappa shape index (κ1) is 18.5. The fourth-order valence-electron chi connectivity index (χ4n) is 3.43. The average Bonchev–Trinajstić information content (AvgIpc) is 2.66. The molecular weight excluding hydrogens is 328 g/mol. The number of anilines is 1. The Morgan fingerprint density at radius 1 is 1.15 bits per heavy atom. The molecule has 1 saturated heterocycles. The highest BCUT2D eigenvalue weighted by Crippen LogP contribution is 2.29. The number of aromatic nitrogens is 1. The lowest BCUT2D eigenvalue weighted by Crippen LogP contribution is -2.54. The zero-order valence-corrected chi connectivity index (χ0v) is 16.0. The van der Waals surface area contributed by atoms with Gasteiger partial charge < -0.3 is 15.0 Å². The van der Waals surface area contributed by atoms with E-state index in [-0.39, 0.29) is 18.0 Å². The zero-order valence-electron chi connectivity index (χ0n) is 16.0. The van der Waals surface area contributed by atoms with E-state index in [2.05, 4.69) is 26.2 Å². The van der Waals surface area contributed by atoms with Crippen LogP contribution >= 0.6 is 0 Å². The van der Waals surface area contributed by atoms with E-state index >= 15 is 0 Å². The van der Waals surface area contributed by atoms with Crippen LogP contribution in [0.4, 0.5) is 5.69 Å². The van der Waals surface area contributed by atoms with Gasteiger partial charge in [-0.05, 0) is 45.0 Å². The summed E-state index contributed by atoms with van der Waals surface area (Å²) in [5.74, 6) is 0.942. The normalized spacial score (nSPS) is 16.7. The molecule has 1 fully saturated rings. The Bertz CT molecular complexity index is 769. The van der Waals surface area contributed by atoms with Gasteiger partial charge in [-0.3, -0.25) is 14.7 Å². The number of fused-ring (bicyclic) bond motifs is 1. The number of hydrogen-bond acceptors (Lipinski definition) is 5. The van der Waals surface area contributed by atoms with E-state index in [1.807, 2.05) is 45.2 Å². The molecule has 0 radical (unpaired) electrons. The van der Waals surface area contributed by atoms with Crippen LogP contribution in [0.25, 0.3) is 10.9 Å². The van der Waals surface area contributed by atoms with Crippen LogP contribution in [-0.4, -0.2) is 61.2 Å². The van der Waals surface area contributed by atoms with Crippen molar-refractivity contribution >= 4 is 22.5 Å². The number of amides is 1. The predicted octanol–water partition coefficient (Wildman–Crippen LogP) is 2.28. The second kappa shape index (κ2) is 7.91. The predicted molar refractivity (Wildman–Crippen MR) is 105 cm³/mol. The van der Waals surface area contributed by atoms with Gasteiger partial charge in [-0.25, -0.2) is 0 Å². The first-order valence-corrected chi connectivity index (χ1v) is 9.21.